The molecule has 5 nitrogen and oxygen atoms in total. The Bertz CT molecular complexity index is 563. The van der Waals surface area contributed by atoms with Crippen LogP contribution in [0, 0.1) is 12.8 Å². The van der Waals surface area contributed by atoms with Crippen LogP contribution in [0.2, 0.25) is 0 Å². The van der Waals surface area contributed by atoms with Crippen LogP contribution in [0.5, 0.6) is 0 Å². The van der Waals surface area contributed by atoms with Crippen molar-refractivity contribution in [1.82, 2.24) is 20.5 Å². The van der Waals surface area contributed by atoms with Crippen LogP contribution in [0.15, 0.2) is 17.5 Å². The quantitative estimate of drug-likeness (QED) is 0.804. The molecule has 1 unspecified atom stereocenters. The first-order chi connectivity index (χ1) is 11.7. The third kappa shape index (κ3) is 5.31. The fraction of sp³-hybridized carbons (Fsp3) is 0.667. The van der Waals surface area contributed by atoms with Crippen LogP contribution in [0.25, 0.3) is 0 Å². The molecule has 6 heteroatoms. The number of hydrogen-bond acceptors (Lipinski definition) is 4. The lowest BCUT2D eigenvalue weighted by Gasteiger charge is -2.31. The molecule has 0 bridgehead atoms. The number of nitrogens with zero attached hydrogens (tertiary/aromatic N) is 2. The van der Waals surface area contributed by atoms with Crippen LogP contribution >= 0.6 is 11.3 Å². The van der Waals surface area contributed by atoms with Crippen molar-refractivity contribution in [3.63, 3.8) is 0 Å². The largest absolute Gasteiger partial charge is 0.338 e. The summed E-state index contributed by atoms with van der Waals surface area (Å²) in [5, 5.41) is 9.40. The summed E-state index contributed by atoms with van der Waals surface area (Å²) >= 11 is 1.72. The summed E-state index contributed by atoms with van der Waals surface area (Å²) in [6, 6.07) is 0.189. The lowest BCUT2D eigenvalue weighted by molar-refractivity contribution is 0.173. The molecule has 1 fully saturated rings. The van der Waals surface area contributed by atoms with E-state index in [0.29, 0.717) is 5.92 Å². The van der Waals surface area contributed by atoms with Crippen molar-refractivity contribution in [1.29, 1.82) is 0 Å². The van der Waals surface area contributed by atoms with Crippen LogP contribution in [-0.4, -0.2) is 41.6 Å². The Balaban J connectivity index is 1.32. The van der Waals surface area contributed by atoms with Gasteiger partial charge in [-0.1, -0.05) is 12.2 Å². The molecule has 1 aliphatic heterocycles. The van der Waals surface area contributed by atoms with E-state index in [1.54, 1.807) is 11.3 Å². The maximum Gasteiger partial charge on any atom is 0.315 e. The number of thiazole rings is 1. The fourth-order valence-electron chi connectivity index (χ4n) is 3.45. The number of allylic oxidation sites excluding steroid dienone is 1. The highest BCUT2D eigenvalue weighted by atomic mass is 32.1. The number of urea groups is 1. The second-order valence-electron chi connectivity index (χ2n) is 6.90. The van der Waals surface area contributed by atoms with Crippen molar-refractivity contribution in [3.8, 4) is 0 Å². The number of nitrogens with one attached hydrogen (secondary N) is 2. The van der Waals surface area contributed by atoms with E-state index in [1.807, 2.05) is 0 Å². The SMILES string of the molecule is Cc1nc(CN2CCC(CNC(=O)NC3C=CCCC3)CC2)cs1. The third-order valence-electron chi connectivity index (χ3n) is 4.88. The van der Waals surface area contributed by atoms with E-state index in [2.05, 4.69) is 45.0 Å². The molecule has 1 aromatic rings. The van der Waals surface area contributed by atoms with Gasteiger partial charge in [0.15, 0.2) is 0 Å². The van der Waals surface area contributed by atoms with Gasteiger partial charge in [0.1, 0.15) is 0 Å². The second-order valence-corrected chi connectivity index (χ2v) is 7.96. The summed E-state index contributed by atoms with van der Waals surface area (Å²) < 4.78 is 0. The van der Waals surface area contributed by atoms with Crippen molar-refractivity contribution in [3.05, 3.63) is 28.2 Å². The van der Waals surface area contributed by atoms with Gasteiger partial charge in [-0.25, -0.2) is 9.78 Å². The van der Waals surface area contributed by atoms with E-state index in [-0.39, 0.29) is 12.1 Å². The van der Waals surface area contributed by atoms with Crippen molar-refractivity contribution < 1.29 is 4.79 Å². The Morgan fingerprint density at radius 1 is 1.38 bits per heavy atom. The predicted molar refractivity (Wildman–Crippen MR) is 98.2 cm³/mol. The molecule has 1 aliphatic carbocycles. The number of amides is 2. The van der Waals surface area contributed by atoms with Crippen LogP contribution in [0.1, 0.15) is 42.8 Å². The van der Waals surface area contributed by atoms with Gasteiger partial charge in [0.2, 0.25) is 0 Å². The molecule has 0 aromatic carbocycles. The number of rotatable bonds is 5. The Kier molecular flexibility index (Phi) is 6.26. The Hall–Kier alpha value is -1.40. The summed E-state index contributed by atoms with van der Waals surface area (Å²) in [7, 11) is 0. The average molecular weight is 349 g/mol. The van der Waals surface area contributed by atoms with E-state index in [1.165, 1.54) is 12.1 Å². The smallest absolute Gasteiger partial charge is 0.315 e. The first kappa shape index (κ1) is 17.4. The predicted octanol–water partition coefficient (Wildman–Crippen LogP) is 3.07. The second kappa shape index (κ2) is 8.62. The van der Waals surface area contributed by atoms with Gasteiger partial charge >= 0.3 is 6.03 Å². The van der Waals surface area contributed by atoms with Gasteiger partial charge < -0.3 is 10.6 Å². The van der Waals surface area contributed by atoms with Gasteiger partial charge in [0.05, 0.1) is 10.7 Å². The van der Waals surface area contributed by atoms with Crippen LogP contribution in [0.4, 0.5) is 4.79 Å². The molecule has 1 atom stereocenters. The molecule has 3 rings (SSSR count). The maximum atomic E-state index is 12.0. The van der Waals surface area contributed by atoms with Crippen molar-refractivity contribution >= 4 is 17.4 Å². The fourth-order valence-corrected chi connectivity index (χ4v) is 4.05. The lowest BCUT2D eigenvalue weighted by Crippen LogP contribution is -2.45. The molecule has 1 aromatic heterocycles. The molecular weight excluding hydrogens is 320 g/mol. The van der Waals surface area contributed by atoms with Gasteiger partial charge in [-0.2, -0.15) is 0 Å². The normalized spacial score (nSPS) is 22.5. The number of piperidine rings is 1. The molecule has 132 valence electrons. The minimum absolute atomic E-state index is 0.0214. The zero-order valence-electron chi connectivity index (χ0n) is 14.5. The van der Waals surface area contributed by atoms with Crippen molar-refractivity contribution in [2.24, 2.45) is 5.92 Å². The molecule has 2 aliphatic rings. The van der Waals surface area contributed by atoms with Gasteiger partial charge in [0, 0.05) is 24.5 Å². The van der Waals surface area contributed by atoms with Gasteiger partial charge in [-0.3, -0.25) is 4.90 Å². The van der Waals surface area contributed by atoms with E-state index < -0.39 is 0 Å². The number of carbonyl (C=O) groups excluding carboxylic acids is 1. The standard InChI is InChI=1S/C18H28N4OS/c1-14-20-17(13-24-14)12-22-9-7-15(8-10-22)11-19-18(23)21-16-5-3-2-4-6-16/h3,5,13,15-16H,2,4,6-12H2,1H3,(H2,19,21,23). The number of hydrogen-bond donors (Lipinski definition) is 2. The number of aryl methyl sites for hydroxylation is 1. The summed E-state index contributed by atoms with van der Waals surface area (Å²) in [4.78, 5) is 19.0. The molecule has 0 spiro atoms. The minimum Gasteiger partial charge on any atom is -0.338 e. The minimum atomic E-state index is -0.0214. The molecule has 2 heterocycles. The van der Waals surface area contributed by atoms with E-state index in [9.17, 15) is 4.79 Å². The first-order valence-corrected chi connectivity index (χ1v) is 9.91. The molecule has 0 saturated carbocycles. The molecule has 1 saturated heterocycles. The first-order valence-electron chi connectivity index (χ1n) is 9.03. The lowest BCUT2D eigenvalue weighted by atomic mass is 9.97. The summed E-state index contributed by atoms with van der Waals surface area (Å²) in [5.41, 5.74) is 1.19. The van der Waals surface area contributed by atoms with Gasteiger partial charge in [-0.15, -0.1) is 11.3 Å². The van der Waals surface area contributed by atoms with E-state index >= 15 is 0 Å². The van der Waals surface area contributed by atoms with Gasteiger partial charge in [0.25, 0.3) is 0 Å². The zero-order chi connectivity index (χ0) is 16.8. The zero-order valence-corrected chi connectivity index (χ0v) is 15.3. The molecule has 24 heavy (non-hydrogen) atoms. The molecule has 2 amide bonds. The number of carbonyl (C=O) groups is 1. The average Bonchev–Trinajstić information content (AvgIpc) is 3.00. The Morgan fingerprint density at radius 3 is 2.88 bits per heavy atom. The summed E-state index contributed by atoms with van der Waals surface area (Å²) in [5.74, 6) is 0.589. The van der Waals surface area contributed by atoms with Crippen LogP contribution in [0.3, 0.4) is 0 Å². The van der Waals surface area contributed by atoms with E-state index in [4.69, 9.17) is 0 Å². The Morgan fingerprint density at radius 2 is 2.21 bits per heavy atom. The monoisotopic (exact) mass is 348 g/mol. The van der Waals surface area contributed by atoms with Crippen molar-refractivity contribution in [2.75, 3.05) is 19.6 Å². The van der Waals surface area contributed by atoms with Crippen LogP contribution in [-0.2, 0) is 6.54 Å². The topological polar surface area (TPSA) is 57.3 Å². The third-order valence-corrected chi connectivity index (χ3v) is 5.70. The summed E-state index contributed by atoms with van der Waals surface area (Å²) in [6.07, 6.45) is 9.92. The van der Waals surface area contributed by atoms with Crippen molar-refractivity contribution in [2.45, 2.75) is 51.6 Å². The molecular formula is C18H28N4OS. The highest BCUT2D eigenvalue weighted by Crippen LogP contribution is 2.19. The highest BCUT2D eigenvalue weighted by molar-refractivity contribution is 7.09. The molecule has 0 radical (unpaired) electrons. The van der Waals surface area contributed by atoms with Crippen LogP contribution < -0.4 is 10.6 Å². The number of likely N-dealkylation sites (tertiary alicyclic amines) is 1. The highest BCUT2D eigenvalue weighted by Gasteiger charge is 2.20. The maximum absolute atomic E-state index is 12.0. The number of aromatic nitrogens is 1. The molecule has 2 N–H and O–H groups in total. The van der Waals surface area contributed by atoms with Gasteiger partial charge in [-0.05, 0) is 58.0 Å². The summed E-state index contributed by atoms with van der Waals surface area (Å²) in [6.45, 7) is 5.98. The van der Waals surface area contributed by atoms with E-state index in [0.717, 1.165) is 56.9 Å². The Labute approximate surface area is 148 Å².